The molecule has 12 rings (SSSR count). The Morgan fingerprint density at radius 2 is 0.469 bits per heavy atom. The Kier molecular flexibility index (Phi) is 9.20. The molecule has 300 valence electrons. The second kappa shape index (κ2) is 15.8. The predicted molar refractivity (Wildman–Crippen MR) is 272 cm³/mol. The van der Waals surface area contributed by atoms with E-state index in [1.807, 2.05) is 0 Å². The Labute approximate surface area is 372 Å². The van der Waals surface area contributed by atoms with E-state index in [1.54, 1.807) is 0 Å². The van der Waals surface area contributed by atoms with Gasteiger partial charge in [-0.25, -0.2) is 0 Å². The van der Waals surface area contributed by atoms with Gasteiger partial charge >= 0.3 is 0 Å². The highest BCUT2D eigenvalue weighted by Gasteiger charge is 2.17. The van der Waals surface area contributed by atoms with E-state index in [0.717, 1.165) is 22.5 Å². The molecule has 0 aliphatic heterocycles. The lowest BCUT2D eigenvalue weighted by molar-refractivity contribution is 1.18. The molecular weight excluding hydrogens is 773 g/mol. The Balaban J connectivity index is 0.871. The Hall–Kier alpha value is -8.46. The summed E-state index contributed by atoms with van der Waals surface area (Å²) in [4.78, 5) is 0. The quantitative estimate of drug-likeness (QED) is 0.135. The molecule has 2 heteroatoms. The van der Waals surface area contributed by atoms with Crippen LogP contribution in [0, 0.1) is 0 Å². The second-order valence-electron chi connectivity index (χ2n) is 16.6. The molecule has 0 N–H and O–H groups in total. The van der Waals surface area contributed by atoms with Crippen molar-refractivity contribution in [1.29, 1.82) is 0 Å². The molecule has 0 saturated heterocycles. The first-order valence-corrected chi connectivity index (χ1v) is 22.0. The van der Waals surface area contributed by atoms with Gasteiger partial charge in [-0.1, -0.05) is 182 Å². The Bertz CT molecular complexity index is 3210. The zero-order valence-corrected chi connectivity index (χ0v) is 35.1. The van der Waals surface area contributed by atoms with Crippen LogP contribution >= 0.6 is 0 Å². The molecule has 0 bridgehead atoms. The number of benzene rings is 10. The minimum absolute atomic E-state index is 1.14. The standard InChI is InChI=1S/C62H42N2/c1-5-13-45(14-6-1)49-27-35-59-55(39-49)56-40-50(46-15-7-2-8-16-46)28-36-60(56)63(59)53-31-23-43(24-32-53)21-22-44-25-33-54(34-26-44)64-61-37-29-51(47-17-9-3-10-18-47)41-57(61)58-42-52(30-38-62(58)64)48-19-11-4-12-20-48/h1-42H/b22-21+. The van der Waals surface area contributed by atoms with E-state index in [0.29, 0.717) is 0 Å². The highest BCUT2D eigenvalue weighted by molar-refractivity contribution is 6.13. The molecule has 0 fully saturated rings. The van der Waals surface area contributed by atoms with Crippen molar-refractivity contribution < 1.29 is 0 Å². The maximum absolute atomic E-state index is 2.40. The van der Waals surface area contributed by atoms with Gasteiger partial charge in [0.25, 0.3) is 0 Å². The summed E-state index contributed by atoms with van der Waals surface area (Å²) in [6.45, 7) is 0. The maximum Gasteiger partial charge on any atom is 0.0541 e. The van der Waals surface area contributed by atoms with Crippen LogP contribution in [0.5, 0.6) is 0 Å². The summed E-state index contributed by atoms with van der Waals surface area (Å²) in [5.74, 6) is 0. The molecule has 0 spiro atoms. The summed E-state index contributed by atoms with van der Waals surface area (Å²) in [5, 5.41) is 4.99. The molecule has 0 saturated carbocycles. The lowest BCUT2D eigenvalue weighted by Gasteiger charge is -2.10. The topological polar surface area (TPSA) is 9.86 Å². The van der Waals surface area contributed by atoms with Gasteiger partial charge in [0.05, 0.1) is 22.1 Å². The fourth-order valence-electron chi connectivity index (χ4n) is 9.51. The summed E-state index contributed by atoms with van der Waals surface area (Å²) >= 11 is 0. The van der Waals surface area contributed by atoms with Crippen LogP contribution in [0.25, 0.3) is 112 Å². The first kappa shape index (κ1) is 37.3. The monoisotopic (exact) mass is 814 g/mol. The molecule has 12 aromatic rings. The Morgan fingerprint density at radius 3 is 0.719 bits per heavy atom. The first-order chi connectivity index (χ1) is 31.7. The molecule has 0 atom stereocenters. The van der Waals surface area contributed by atoms with Gasteiger partial charge in [0.2, 0.25) is 0 Å². The molecule has 0 aliphatic carbocycles. The van der Waals surface area contributed by atoms with E-state index in [4.69, 9.17) is 0 Å². The summed E-state index contributed by atoms with van der Waals surface area (Å²) in [5.41, 5.74) is 19.1. The zero-order chi connectivity index (χ0) is 42.4. The van der Waals surface area contributed by atoms with E-state index in [2.05, 4.69) is 264 Å². The summed E-state index contributed by atoms with van der Waals surface area (Å²) < 4.78 is 4.81. The summed E-state index contributed by atoms with van der Waals surface area (Å²) in [6.07, 6.45) is 4.42. The van der Waals surface area contributed by atoms with E-state index < -0.39 is 0 Å². The third-order valence-electron chi connectivity index (χ3n) is 12.7. The maximum atomic E-state index is 2.40. The average molecular weight is 815 g/mol. The highest BCUT2D eigenvalue weighted by Crippen LogP contribution is 2.39. The largest absolute Gasteiger partial charge is 0.309 e. The van der Waals surface area contributed by atoms with Crippen LogP contribution in [0.2, 0.25) is 0 Å². The van der Waals surface area contributed by atoms with Gasteiger partial charge in [0, 0.05) is 32.9 Å². The number of nitrogens with zero attached hydrogens (tertiary/aromatic N) is 2. The fourth-order valence-corrected chi connectivity index (χ4v) is 9.51. The van der Waals surface area contributed by atoms with E-state index in [9.17, 15) is 0 Å². The third kappa shape index (κ3) is 6.70. The molecule has 0 amide bonds. The van der Waals surface area contributed by atoms with Crippen LogP contribution in [0.3, 0.4) is 0 Å². The molecule has 64 heavy (non-hydrogen) atoms. The average Bonchev–Trinajstić information content (AvgIpc) is 3.88. The van der Waals surface area contributed by atoms with Crippen molar-refractivity contribution in [1.82, 2.24) is 9.13 Å². The zero-order valence-electron chi connectivity index (χ0n) is 35.1. The van der Waals surface area contributed by atoms with Crippen molar-refractivity contribution in [3.05, 3.63) is 254 Å². The van der Waals surface area contributed by atoms with Crippen molar-refractivity contribution in [2.24, 2.45) is 0 Å². The SMILES string of the molecule is C(=C\c1ccc(-n2c3ccc(-c4ccccc4)cc3c3cc(-c4ccccc4)ccc32)cc1)/c1ccc(-n2c3ccc(-c4ccccc4)cc3c3cc(-c4ccccc4)ccc32)cc1. The minimum atomic E-state index is 1.14. The van der Waals surface area contributed by atoms with Crippen molar-refractivity contribution in [3.8, 4) is 55.9 Å². The lowest BCUT2D eigenvalue weighted by atomic mass is 10.0. The van der Waals surface area contributed by atoms with Crippen LogP contribution < -0.4 is 0 Å². The van der Waals surface area contributed by atoms with Crippen molar-refractivity contribution >= 4 is 55.8 Å². The number of fused-ring (bicyclic) bond motifs is 6. The fraction of sp³-hybridized carbons (Fsp3) is 0. The number of rotatable bonds is 8. The minimum Gasteiger partial charge on any atom is -0.309 e. The van der Waals surface area contributed by atoms with Gasteiger partial charge in [0.1, 0.15) is 0 Å². The smallest absolute Gasteiger partial charge is 0.0541 e. The second-order valence-corrected chi connectivity index (χ2v) is 16.6. The van der Waals surface area contributed by atoms with Gasteiger partial charge in [-0.2, -0.15) is 0 Å². The van der Waals surface area contributed by atoms with Gasteiger partial charge < -0.3 is 9.13 Å². The van der Waals surface area contributed by atoms with Gasteiger partial charge in [-0.15, -0.1) is 0 Å². The van der Waals surface area contributed by atoms with Crippen LogP contribution in [0.1, 0.15) is 11.1 Å². The normalized spacial score (nSPS) is 11.7. The van der Waals surface area contributed by atoms with Crippen LogP contribution in [0.4, 0.5) is 0 Å². The van der Waals surface area contributed by atoms with Crippen molar-refractivity contribution in [2.75, 3.05) is 0 Å². The molecule has 2 aromatic heterocycles. The molecule has 2 nitrogen and oxygen atoms in total. The van der Waals surface area contributed by atoms with Gasteiger partial charge in [-0.05, 0) is 128 Å². The van der Waals surface area contributed by atoms with Gasteiger partial charge in [0.15, 0.2) is 0 Å². The third-order valence-corrected chi connectivity index (χ3v) is 12.7. The van der Waals surface area contributed by atoms with Crippen molar-refractivity contribution in [3.63, 3.8) is 0 Å². The van der Waals surface area contributed by atoms with E-state index in [1.165, 1.54) is 88.1 Å². The van der Waals surface area contributed by atoms with Gasteiger partial charge in [-0.3, -0.25) is 0 Å². The molecule has 2 heterocycles. The molecule has 0 radical (unpaired) electrons. The Morgan fingerprint density at radius 1 is 0.219 bits per heavy atom. The van der Waals surface area contributed by atoms with Crippen LogP contribution in [-0.2, 0) is 0 Å². The highest BCUT2D eigenvalue weighted by atomic mass is 15.0. The number of aromatic nitrogens is 2. The number of hydrogen-bond donors (Lipinski definition) is 0. The predicted octanol–water partition coefficient (Wildman–Crippen LogP) is 16.7. The molecular formula is C62H42N2. The lowest BCUT2D eigenvalue weighted by Crippen LogP contribution is -1.94. The molecule has 10 aromatic carbocycles. The number of hydrogen-bond acceptors (Lipinski definition) is 0. The summed E-state index contributed by atoms with van der Waals surface area (Å²) in [6, 6.07) is 88.0. The molecule has 0 aliphatic rings. The van der Waals surface area contributed by atoms with Crippen LogP contribution in [-0.4, -0.2) is 9.13 Å². The summed E-state index contributed by atoms with van der Waals surface area (Å²) in [7, 11) is 0. The van der Waals surface area contributed by atoms with Crippen LogP contribution in [0.15, 0.2) is 243 Å². The van der Waals surface area contributed by atoms with E-state index >= 15 is 0 Å². The molecule has 0 unspecified atom stereocenters. The van der Waals surface area contributed by atoms with Crippen molar-refractivity contribution in [2.45, 2.75) is 0 Å². The first-order valence-electron chi connectivity index (χ1n) is 22.0. The van der Waals surface area contributed by atoms with E-state index in [-0.39, 0.29) is 0 Å².